The van der Waals surface area contributed by atoms with E-state index in [1.54, 1.807) is 7.11 Å². The summed E-state index contributed by atoms with van der Waals surface area (Å²) in [4.78, 5) is 4.51. The molecule has 0 fully saturated rings. The van der Waals surface area contributed by atoms with Gasteiger partial charge in [0, 0.05) is 26.4 Å². The molecule has 0 aliphatic rings. The van der Waals surface area contributed by atoms with Gasteiger partial charge in [-0.15, -0.1) is 0 Å². The molecule has 1 atom stereocenters. The van der Waals surface area contributed by atoms with Gasteiger partial charge in [-0.1, -0.05) is 20.3 Å². The minimum atomic E-state index is 0.497. The zero-order valence-electron chi connectivity index (χ0n) is 11.5. The van der Waals surface area contributed by atoms with Crippen LogP contribution in [0.3, 0.4) is 0 Å². The number of unbranched alkanes of at least 4 members (excludes halogenated alkanes) is 1. The van der Waals surface area contributed by atoms with Gasteiger partial charge in [-0.2, -0.15) is 0 Å². The molecular weight excluding hydrogens is 214 g/mol. The Morgan fingerprint density at radius 3 is 2.94 bits per heavy atom. The number of hydrogen-bond donors (Lipinski definition) is 1. The summed E-state index contributed by atoms with van der Waals surface area (Å²) in [6, 6.07) is 0. The highest BCUT2D eigenvalue weighted by atomic mass is 16.5. The second-order valence-electron chi connectivity index (χ2n) is 4.69. The van der Waals surface area contributed by atoms with Gasteiger partial charge < -0.3 is 14.6 Å². The third kappa shape index (κ3) is 4.77. The molecule has 0 aliphatic carbocycles. The number of aryl methyl sites for hydroxylation is 2. The van der Waals surface area contributed by atoms with E-state index in [1.165, 1.54) is 12.8 Å². The molecule has 0 saturated carbocycles. The van der Waals surface area contributed by atoms with Crippen molar-refractivity contribution >= 4 is 5.95 Å². The normalized spacial score (nSPS) is 12.7. The van der Waals surface area contributed by atoms with Gasteiger partial charge in [0.05, 0.1) is 12.3 Å². The van der Waals surface area contributed by atoms with Crippen molar-refractivity contribution < 1.29 is 4.74 Å². The molecule has 0 spiro atoms. The Morgan fingerprint density at radius 1 is 1.53 bits per heavy atom. The van der Waals surface area contributed by atoms with Gasteiger partial charge in [-0.05, 0) is 19.3 Å². The molecule has 17 heavy (non-hydrogen) atoms. The summed E-state index contributed by atoms with van der Waals surface area (Å²) >= 11 is 0. The Bertz CT molecular complexity index is 322. The van der Waals surface area contributed by atoms with Crippen LogP contribution in [-0.2, 0) is 11.3 Å². The summed E-state index contributed by atoms with van der Waals surface area (Å²) in [5.41, 5.74) is 1.07. The molecule has 1 aromatic rings. The van der Waals surface area contributed by atoms with E-state index in [9.17, 15) is 0 Å². The molecule has 0 saturated heterocycles. The van der Waals surface area contributed by atoms with Crippen LogP contribution in [0, 0.1) is 12.8 Å². The highest BCUT2D eigenvalue weighted by Gasteiger charge is 2.07. The summed E-state index contributed by atoms with van der Waals surface area (Å²) in [5, 5.41) is 3.40. The van der Waals surface area contributed by atoms with Gasteiger partial charge in [0.2, 0.25) is 5.95 Å². The predicted octanol–water partition coefficient (Wildman–Crippen LogP) is 2.69. The zero-order chi connectivity index (χ0) is 12.7. The maximum absolute atomic E-state index is 5.13. The monoisotopic (exact) mass is 239 g/mol. The largest absolute Gasteiger partial charge is 0.384 e. The summed E-state index contributed by atoms with van der Waals surface area (Å²) in [6.07, 6.45) is 4.51. The summed E-state index contributed by atoms with van der Waals surface area (Å²) < 4.78 is 7.33. The van der Waals surface area contributed by atoms with Crippen LogP contribution in [-0.4, -0.2) is 29.8 Å². The van der Waals surface area contributed by atoms with Crippen LogP contribution < -0.4 is 5.32 Å². The minimum absolute atomic E-state index is 0.497. The fraction of sp³-hybridized carbons (Fsp3) is 0.769. The smallest absolute Gasteiger partial charge is 0.203 e. The highest BCUT2D eigenvalue weighted by molar-refractivity contribution is 5.28. The highest BCUT2D eigenvalue weighted by Crippen LogP contribution is 2.10. The van der Waals surface area contributed by atoms with Crippen molar-refractivity contribution in [2.24, 2.45) is 5.92 Å². The Morgan fingerprint density at radius 2 is 2.29 bits per heavy atom. The molecule has 0 aromatic carbocycles. The Balaban J connectivity index is 2.50. The third-order valence-corrected chi connectivity index (χ3v) is 2.71. The van der Waals surface area contributed by atoms with Crippen LogP contribution in [0.4, 0.5) is 5.95 Å². The molecule has 0 radical (unpaired) electrons. The first-order valence-electron chi connectivity index (χ1n) is 6.44. The Kier molecular flexibility index (Phi) is 6.05. The Hall–Kier alpha value is -1.03. The second-order valence-corrected chi connectivity index (χ2v) is 4.69. The van der Waals surface area contributed by atoms with E-state index in [0.29, 0.717) is 5.92 Å². The number of aromatic nitrogens is 2. The molecule has 4 heteroatoms. The van der Waals surface area contributed by atoms with E-state index in [-0.39, 0.29) is 0 Å². The van der Waals surface area contributed by atoms with Gasteiger partial charge in [0.25, 0.3) is 0 Å². The number of hydrogen-bond acceptors (Lipinski definition) is 3. The van der Waals surface area contributed by atoms with E-state index in [2.05, 4.69) is 34.9 Å². The van der Waals surface area contributed by atoms with Crippen LogP contribution in [0.2, 0.25) is 0 Å². The maximum Gasteiger partial charge on any atom is 0.203 e. The average Bonchev–Trinajstić information content (AvgIpc) is 2.65. The summed E-state index contributed by atoms with van der Waals surface area (Å²) in [5.74, 6) is 1.48. The first-order chi connectivity index (χ1) is 8.17. The Labute approximate surface area is 104 Å². The average molecular weight is 239 g/mol. The molecule has 1 aromatic heterocycles. The van der Waals surface area contributed by atoms with Gasteiger partial charge in [-0.3, -0.25) is 0 Å². The second kappa shape index (κ2) is 7.33. The molecule has 4 nitrogen and oxygen atoms in total. The number of nitrogens with one attached hydrogen (secondary N) is 1. The molecule has 1 N–H and O–H groups in total. The third-order valence-electron chi connectivity index (χ3n) is 2.71. The molecule has 0 aliphatic heterocycles. The van der Waals surface area contributed by atoms with Crippen molar-refractivity contribution in [3.8, 4) is 0 Å². The van der Waals surface area contributed by atoms with Crippen LogP contribution in [0.1, 0.15) is 32.4 Å². The van der Waals surface area contributed by atoms with Gasteiger partial charge >= 0.3 is 0 Å². The van der Waals surface area contributed by atoms with Crippen molar-refractivity contribution in [3.63, 3.8) is 0 Å². The molecule has 1 rings (SSSR count). The fourth-order valence-corrected chi connectivity index (χ4v) is 1.80. The maximum atomic E-state index is 5.13. The molecule has 1 unspecified atom stereocenters. The van der Waals surface area contributed by atoms with E-state index in [4.69, 9.17) is 4.74 Å². The molecular formula is C13H25N3O. The minimum Gasteiger partial charge on any atom is -0.384 e. The number of anilines is 1. The van der Waals surface area contributed by atoms with Crippen LogP contribution in [0.5, 0.6) is 0 Å². The quantitative estimate of drug-likeness (QED) is 0.758. The van der Waals surface area contributed by atoms with Crippen molar-refractivity contribution in [1.82, 2.24) is 9.55 Å². The molecule has 0 bridgehead atoms. The van der Waals surface area contributed by atoms with Gasteiger partial charge in [0.15, 0.2) is 0 Å². The number of ether oxygens (including phenoxy) is 1. The lowest BCUT2D eigenvalue weighted by atomic mass is 10.2. The molecule has 1 heterocycles. The standard InChI is InChI=1S/C13H25N3O/c1-5-6-7-16-9-12(3)15-13(16)14-8-11(2)10-17-4/h9,11H,5-8,10H2,1-4H3,(H,14,15). The van der Waals surface area contributed by atoms with Crippen LogP contribution in [0.15, 0.2) is 6.20 Å². The van der Waals surface area contributed by atoms with E-state index in [0.717, 1.165) is 31.3 Å². The van der Waals surface area contributed by atoms with Crippen molar-refractivity contribution in [2.45, 2.75) is 40.2 Å². The first-order valence-corrected chi connectivity index (χ1v) is 6.44. The lowest BCUT2D eigenvalue weighted by Gasteiger charge is -2.13. The number of nitrogens with zero attached hydrogens (tertiary/aromatic N) is 2. The number of rotatable bonds is 8. The zero-order valence-corrected chi connectivity index (χ0v) is 11.5. The first kappa shape index (κ1) is 14.0. The van der Waals surface area contributed by atoms with Crippen LogP contribution >= 0.6 is 0 Å². The SMILES string of the molecule is CCCCn1cc(C)nc1NCC(C)COC. The van der Waals surface area contributed by atoms with Crippen LogP contribution in [0.25, 0.3) is 0 Å². The molecule has 98 valence electrons. The predicted molar refractivity (Wildman–Crippen MR) is 71.4 cm³/mol. The van der Waals surface area contributed by atoms with E-state index >= 15 is 0 Å². The summed E-state index contributed by atoms with van der Waals surface area (Å²) in [7, 11) is 1.74. The lowest BCUT2D eigenvalue weighted by molar-refractivity contribution is 0.164. The lowest BCUT2D eigenvalue weighted by Crippen LogP contribution is -2.18. The number of imidazole rings is 1. The van der Waals surface area contributed by atoms with Crippen molar-refractivity contribution in [2.75, 3.05) is 25.6 Å². The van der Waals surface area contributed by atoms with Gasteiger partial charge in [0.1, 0.15) is 0 Å². The van der Waals surface area contributed by atoms with Crippen molar-refractivity contribution in [1.29, 1.82) is 0 Å². The number of methoxy groups -OCH3 is 1. The van der Waals surface area contributed by atoms with Gasteiger partial charge in [-0.25, -0.2) is 4.98 Å². The summed E-state index contributed by atoms with van der Waals surface area (Å²) in [6.45, 7) is 9.13. The van der Waals surface area contributed by atoms with Crippen molar-refractivity contribution in [3.05, 3.63) is 11.9 Å². The van der Waals surface area contributed by atoms with E-state index in [1.807, 2.05) is 6.92 Å². The fourth-order valence-electron chi connectivity index (χ4n) is 1.80. The topological polar surface area (TPSA) is 39.1 Å². The molecule has 0 amide bonds. The van der Waals surface area contributed by atoms with E-state index < -0.39 is 0 Å².